The molecular weight excluding hydrogens is 274 g/mol. The lowest BCUT2D eigenvalue weighted by atomic mass is 9.91. The molecule has 0 spiro atoms. The summed E-state index contributed by atoms with van der Waals surface area (Å²) in [4.78, 5) is 14.5. The molecule has 5 atom stereocenters. The third-order valence-corrected chi connectivity index (χ3v) is 4.77. The standard InChI is InChI=1S/C15H23NO5/c17-11-7-9(8-12(18)14(11)19)15(20)16-5-1-3-10(16)13-4-2-6-21-13/h7,10-14,17-19H,1-6,8H2/t10?,11-,12-,13?,14-/m1/s1. The SMILES string of the molecule is O=C(C1=C[C@@H](O)[C@@H](O)[C@H](O)C1)N1CCCC1C1CCCO1. The molecule has 0 bridgehead atoms. The number of aliphatic hydroxyl groups is 3. The van der Waals surface area contributed by atoms with Gasteiger partial charge in [-0.15, -0.1) is 0 Å². The number of hydrogen-bond acceptors (Lipinski definition) is 5. The predicted octanol–water partition coefficient (Wildman–Crippen LogP) is -0.431. The van der Waals surface area contributed by atoms with E-state index >= 15 is 0 Å². The Morgan fingerprint density at radius 2 is 2.05 bits per heavy atom. The fourth-order valence-electron chi connectivity index (χ4n) is 3.63. The number of rotatable bonds is 2. The van der Waals surface area contributed by atoms with Gasteiger partial charge < -0.3 is 25.0 Å². The number of ether oxygens (including phenoxy) is 1. The maximum atomic E-state index is 12.7. The molecule has 1 amide bonds. The fourth-order valence-corrected chi connectivity index (χ4v) is 3.63. The van der Waals surface area contributed by atoms with Crippen LogP contribution in [0.3, 0.4) is 0 Å². The number of carbonyl (C=O) groups excluding carboxylic acids is 1. The van der Waals surface area contributed by atoms with Crippen LogP contribution in [0.2, 0.25) is 0 Å². The maximum Gasteiger partial charge on any atom is 0.249 e. The topological polar surface area (TPSA) is 90.2 Å². The van der Waals surface area contributed by atoms with Gasteiger partial charge in [0.25, 0.3) is 0 Å². The van der Waals surface area contributed by atoms with Gasteiger partial charge in [-0.05, 0) is 31.8 Å². The molecule has 6 nitrogen and oxygen atoms in total. The summed E-state index contributed by atoms with van der Waals surface area (Å²) in [5.74, 6) is -0.141. The highest BCUT2D eigenvalue weighted by atomic mass is 16.5. The molecule has 2 aliphatic heterocycles. The summed E-state index contributed by atoms with van der Waals surface area (Å²) in [6, 6.07) is 0.0991. The predicted molar refractivity (Wildman–Crippen MR) is 74.4 cm³/mol. The molecule has 0 aromatic carbocycles. The van der Waals surface area contributed by atoms with Gasteiger partial charge in [-0.3, -0.25) is 4.79 Å². The molecule has 0 saturated carbocycles. The van der Waals surface area contributed by atoms with Gasteiger partial charge in [-0.2, -0.15) is 0 Å². The third kappa shape index (κ3) is 2.85. The normalized spacial score (nSPS) is 40.4. The monoisotopic (exact) mass is 297 g/mol. The van der Waals surface area contributed by atoms with Crippen LogP contribution in [0, 0.1) is 0 Å². The van der Waals surface area contributed by atoms with Gasteiger partial charge in [0.2, 0.25) is 5.91 Å². The van der Waals surface area contributed by atoms with E-state index in [4.69, 9.17) is 4.74 Å². The van der Waals surface area contributed by atoms with Gasteiger partial charge in [-0.25, -0.2) is 0 Å². The fraction of sp³-hybridized carbons (Fsp3) is 0.800. The van der Waals surface area contributed by atoms with Crippen molar-refractivity contribution in [3.8, 4) is 0 Å². The van der Waals surface area contributed by atoms with Crippen LogP contribution in [0.4, 0.5) is 0 Å². The first-order valence-electron chi connectivity index (χ1n) is 7.75. The zero-order chi connectivity index (χ0) is 15.0. The number of carbonyl (C=O) groups is 1. The molecule has 6 heteroatoms. The van der Waals surface area contributed by atoms with Crippen LogP contribution in [0.25, 0.3) is 0 Å². The lowest BCUT2D eigenvalue weighted by Crippen LogP contribution is -2.46. The molecule has 2 unspecified atom stereocenters. The maximum absolute atomic E-state index is 12.7. The van der Waals surface area contributed by atoms with Crippen molar-refractivity contribution in [2.45, 2.75) is 62.6 Å². The molecule has 2 heterocycles. The minimum Gasteiger partial charge on any atom is -0.390 e. The van der Waals surface area contributed by atoms with Crippen molar-refractivity contribution in [2.24, 2.45) is 0 Å². The van der Waals surface area contributed by atoms with E-state index in [-0.39, 0.29) is 24.5 Å². The summed E-state index contributed by atoms with van der Waals surface area (Å²) in [6.45, 7) is 1.45. The van der Waals surface area contributed by atoms with Crippen LogP contribution in [-0.2, 0) is 9.53 Å². The van der Waals surface area contributed by atoms with E-state index in [1.807, 2.05) is 4.90 Å². The van der Waals surface area contributed by atoms with Crippen molar-refractivity contribution in [1.29, 1.82) is 0 Å². The smallest absolute Gasteiger partial charge is 0.249 e. The molecule has 2 fully saturated rings. The summed E-state index contributed by atoms with van der Waals surface area (Å²) in [7, 11) is 0. The molecule has 1 aliphatic carbocycles. The van der Waals surface area contributed by atoms with Gasteiger partial charge >= 0.3 is 0 Å². The molecule has 3 aliphatic rings. The summed E-state index contributed by atoms with van der Waals surface area (Å²) < 4.78 is 5.71. The second-order valence-electron chi connectivity index (χ2n) is 6.20. The summed E-state index contributed by atoms with van der Waals surface area (Å²) in [6.07, 6.45) is 2.01. The van der Waals surface area contributed by atoms with E-state index in [2.05, 4.69) is 0 Å². The highest BCUT2D eigenvalue weighted by molar-refractivity contribution is 5.94. The van der Waals surface area contributed by atoms with Crippen LogP contribution >= 0.6 is 0 Å². The average Bonchev–Trinajstić information content (AvgIpc) is 3.13. The summed E-state index contributed by atoms with van der Waals surface area (Å²) in [5, 5.41) is 29.0. The second kappa shape index (κ2) is 6.04. The van der Waals surface area contributed by atoms with E-state index < -0.39 is 18.3 Å². The van der Waals surface area contributed by atoms with E-state index in [9.17, 15) is 20.1 Å². The van der Waals surface area contributed by atoms with Gasteiger partial charge in [0.15, 0.2) is 0 Å². The van der Waals surface area contributed by atoms with Crippen molar-refractivity contribution in [3.05, 3.63) is 11.6 Å². The van der Waals surface area contributed by atoms with Gasteiger partial charge in [-0.1, -0.05) is 0 Å². The van der Waals surface area contributed by atoms with Gasteiger partial charge in [0, 0.05) is 25.1 Å². The van der Waals surface area contributed by atoms with Gasteiger partial charge in [0.1, 0.15) is 12.2 Å². The lowest BCUT2D eigenvalue weighted by molar-refractivity contribution is -0.131. The van der Waals surface area contributed by atoms with E-state index in [1.54, 1.807) is 0 Å². The summed E-state index contributed by atoms with van der Waals surface area (Å²) in [5.41, 5.74) is 0.394. The molecule has 0 aromatic rings. The average molecular weight is 297 g/mol. The van der Waals surface area contributed by atoms with Crippen LogP contribution in [0.15, 0.2) is 11.6 Å². The van der Waals surface area contributed by atoms with E-state index in [1.165, 1.54) is 6.08 Å². The molecule has 21 heavy (non-hydrogen) atoms. The first-order valence-corrected chi connectivity index (χ1v) is 7.75. The van der Waals surface area contributed by atoms with Crippen molar-refractivity contribution >= 4 is 5.91 Å². The van der Waals surface area contributed by atoms with Crippen molar-refractivity contribution in [3.63, 3.8) is 0 Å². The number of hydrogen-bond donors (Lipinski definition) is 3. The first kappa shape index (κ1) is 15.0. The Kier molecular flexibility index (Phi) is 4.31. The van der Waals surface area contributed by atoms with Crippen molar-refractivity contribution < 1.29 is 24.9 Å². The minimum atomic E-state index is -1.21. The highest BCUT2D eigenvalue weighted by Crippen LogP contribution is 2.30. The van der Waals surface area contributed by atoms with Gasteiger partial charge in [0.05, 0.1) is 18.2 Å². The van der Waals surface area contributed by atoms with Crippen molar-refractivity contribution in [1.82, 2.24) is 4.90 Å². The Hall–Kier alpha value is -0.950. The molecular formula is C15H23NO5. The Balaban J connectivity index is 1.73. The van der Waals surface area contributed by atoms with Crippen LogP contribution in [0.5, 0.6) is 0 Å². The van der Waals surface area contributed by atoms with E-state index in [0.29, 0.717) is 12.1 Å². The molecule has 118 valence electrons. The lowest BCUT2D eigenvalue weighted by Gasteiger charge is -2.33. The van der Waals surface area contributed by atoms with Crippen LogP contribution in [0.1, 0.15) is 32.1 Å². The molecule has 3 N–H and O–H groups in total. The highest BCUT2D eigenvalue weighted by Gasteiger charge is 2.40. The molecule has 2 saturated heterocycles. The number of nitrogens with zero attached hydrogens (tertiary/aromatic N) is 1. The first-order chi connectivity index (χ1) is 10.1. The quantitative estimate of drug-likeness (QED) is 0.643. The minimum absolute atomic E-state index is 0.0891. The number of likely N-dealkylation sites (tertiary alicyclic amines) is 1. The zero-order valence-corrected chi connectivity index (χ0v) is 12.0. The van der Waals surface area contributed by atoms with Crippen LogP contribution in [-0.4, -0.2) is 69.7 Å². The van der Waals surface area contributed by atoms with Crippen molar-refractivity contribution in [2.75, 3.05) is 13.2 Å². The third-order valence-electron chi connectivity index (χ3n) is 4.77. The summed E-state index contributed by atoms with van der Waals surface area (Å²) >= 11 is 0. The van der Waals surface area contributed by atoms with E-state index in [0.717, 1.165) is 32.3 Å². The number of amides is 1. The molecule has 0 aromatic heterocycles. The largest absolute Gasteiger partial charge is 0.390 e. The number of aliphatic hydroxyl groups excluding tert-OH is 3. The Morgan fingerprint density at radius 3 is 2.71 bits per heavy atom. The molecule has 3 rings (SSSR count). The Bertz CT molecular complexity index is 432. The van der Waals surface area contributed by atoms with Crippen LogP contribution < -0.4 is 0 Å². The second-order valence-corrected chi connectivity index (χ2v) is 6.20. The Morgan fingerprint density at radius 1 is 1.24 bits per heavy atom. The Labute approximate surface area is 124 Å². The zero-order valence-electron chi connectivity index (χ0n) is 12.0. The molecule has 0 radical (unpaired) electrons.